The highest BCUT2D eigenvalue weighted by Crippen LogP contribution is 2.38. The Kier molecular flexibility index (Phi) is 3.67. The Morgan fingerprint density at radius 3 is 2.79 bits per heavy atom. The highest BCUT2D eigenvalue weighted by molar-refractivity contribution is 7.12. The number of para-hydroxylation sites is 2. The lowest BCUT2D eigenvalue weighted by atomic mass is 10.2. The van der Waals surface area contributed by atoms with E-state index in [1.54, 1.807) is 11.3 Å². The van der Waals surface area contributed by atoms with Crippen molar-refractivity contribution in [2.75, 3.05) is 6.61 Å². The van der Waals surface area contributed by atoms with E-state index >= 15 is 0 Å². The van der Waals surface area contributed by atoms with Crippen molar-refractivity contribution in [2.24, 2.45) is 0 Å². The first-order chi connectivity index (χ1) is 9.28. The fourth-order valence-corrected chi connectivity index (χ4v) is 3.41. The van der Waals surface area contributed by atoms with Crippen molar-refractivity contribution in [1.82, 2.24) is 0 Å². The molecule has 0 radical (unpaired) electrons. The third-order valence-corrected chi connectivity index (χ3v) is 5.12. The van der Waals surface area contributed by atoms with E-state index in [4.69, 9.17) is 21.1 Å². The largest absolute Gasteiger partial charge is 0.486 e. The predicted molar refractivity (Wildman–Crippen MR) is 78.6 cm³/mol. The van der Waals surface area contributed by atoms with Gasteiger partial charge in [0.1, 0.15) is 12.0 Å². The standard InChI is InChI=1S/C15H15ClO2S/c1-2-10-7-8-14(19-10)15(16)13-9-17-11-5-3-4-6-12(11)18-13/h3-8,13,15H,2,9H2,1H3. The molecule has 1 aliphatic rings. The minimum atomic E-state index is -0.168. The first kappa shape index (κ1) is 12.8. The molecule has 4 heteroatoms. The van der Waals surface area contributed by atoms with E-state index in [0.717, 1.165) is 22.8 Å². The number of hydrogen-bond donors (Lipinski definition) is 0. The van der Waals surface area contributed by atoms with Crippen LogP contribution in [0.5, 0.6) is 11.5 Å². The van der Waals surface area contributed by atoms with Crippen molar-refractivity contribution >= 4 is 22.9 Å². The van der Waals surface area contributed by atoms with Crippen LogP contribution in [0.2, 0.25) is 0 Å². The maximum atomic E-state index is 6.53. The van der Waals surface area contributed by atoms with Gasteiger partial charge in [0.15, 0.2) is 17.6 Å². The molecule has 0 bridgehead atoms. The number of ether oxygens (including phenoxy) is 2. The number of benzene rings is 1. The van der Waals surface area contributed by atoms with Gasteiger partial charge in [0.2, 0.25) is 0 Å². The lowest BCUT2D eigenvalue weighted by molar-refractivity contribution is 0.0883. The Morgan fingerprint density at radius 1 is 1.26 bits per heavy atom. The van der Waals surface area contributed by atoms with E-state index in [9.17, 15) is 0 Å². The van der Waals surface area contributed by atoms with Gasteiger partial charge in [0.05, 0.1) is 0 Å². The molecular formula is C15H15ClO2S. The zero-order valence-corrected chi connectivity index (χ0v) is 12.2. The third-order valence-electron chi connectivity index (χ3n) is 3.16. The molecule has 19 heavy (non-hydrogen) atoms. The lowest BCUT2D eigenvalue weighted by Crippen LogP contribution is -2.32. The molecule has 0 spiro atoms. The van der Waals surface area contributed by atoms with Crippen molar-refractivity contribution in [3.63, 3.8) is 0 Å². The summed E-state index contributed by atoms with van der Waals surface area (Å²) < 4.78 is 11.6. The van der Waals surface area contributed by atoms with Crippen LogP contribution in [0.1, 0.15) is 22.1 Å². The number of thiophene rings is 1. The Labute approximate surface area is 121 Å². The average Bonchev–Trinajstić information content (AvgIpc) is 2.95. The van der Waals surface area contributed by atoms with Crippen molar-refractivity contribution in [2.45, 2.75) is 24.8 Å². The lowest BCUT2D eigenvalue weighted by Gasteiger charge is -2.28. The number of halogens is 1. The van der Waals surface area contributed by atoms with Crippen LogP contribution in [0.4, 0.5) is 0 Å². The van der Waals surface area contributed by atoms with Crippen molar-refractivity contribution in [3.05, 3.63) is 46.2 Å². The summed E-state index contributed by atoms with van der Waals surface area (Å²) in [5.41, 5.74) is 0. The third kappa shape index (κ3) is 2.58. The topological polar surface area (TPSA) is 18.5 Å². The van der Waals surface area contributed by atoms with Crippen LogP contribution in [0.15, 0.2) is 36.4 Å². The normalized spacial score (nSPS) is 19.2. The molecule has 0 aliphatic carbocycles. The molecule has 1 aromatic heterocycles. The van der Waals surface area contributed by atoms with Gasteiger partial charge >= 0.3 is 0 Å². The molecule has 1 aliphatic heterocycles. The Balaban J connectivity index is 1.77. The summed E-state index contributed by atoms with van der Waals surface area (Å²) in [6.07, 6.45) is 0.902. The van der Waals surface area contributed by atoms with Gasteiger partial charge in [-0.1, -0.05) is 19.1 Å². The van der Waals surface area contributed by atoms with Crippen LogP contribution in [0.3, 0.4) is 0 Å². The molecule has 2 aromatic rings. The first-order valence-electron chi connectivity index (χ1n) is 6.39. The van der Waals surface area contributed by atoms with Gasteiger partial charge < -0.3 is 9.47 Å². The van der Waals surface area contributed by atoms with Crippen molar-refractivity contribution in [3.8, 4) is 11.5 Å². The minimum absolute atomic E-state index is 0.139. The SMILES string of the molecule is CCc1ccc(C(Cl)C2COc3ccccc3O2)s1. The van der Waals surface area contributed by atoms with Crippen LogP contribution in [-0.2, 0) is 6.42 Å². The summed E-state index contributed by atoms with van der Waals surface area (Å²) in [5, 5.41) is -0.168. The van der Waals surface area contributed by atoms with Crippen LogP contribution in [0.25, 0.3) is 0 Å². The molecule has 0 saturated heterocycles. The molecule has 3 rings (SSSR count). The molecule has 0 amide bonds. The molecule has 1 aromatic carbocycles. The Hall–Kier alpha value is -1.19. The number of alkyl halides is 1. The van der Waals surface area contributed by atoms with Crippen LogP contribution in [0, 0.1) is 0 Å². The van der Waals surface area contributed by atoms with Crippen molar-refractivity contribution in [1.29, 1.82) is 0 Å². The molecule has 2 atom stereocenters. The molecular weight excluding hydrogens is 280 g/mol. The summed E-state index contributed by atoms with van der Waals surface area (Å²) >= 11 is 8.28. The molecule has 0 fully saturated rings. The molecule has 0 N–H and O–H groups in total. The maximum absolute atomic E-state index is 6.53. The smallest absolute Gasteiger partial charge is 0.161 e. The van der Waals surface area contributed by atoms with Crippen LogP contribution in [-0.4, -0.2) is 12.7 Å². The minimum Gasteiger partial charge on any atom is -0.486 e. The van der Waals surface area contributed by atoms with Gasteiger partial charge in [0.25, 0.3) is 0 Å². The summed E-state index contributed by atoms with van der Waals surface area (Å²) in [5.74, 6) is 1.57. The Morgan fingerprint density at radius 2 is 2.05 bits per heavy atom. The second kappa shape index (κ2) is 5.43. The fraction of sp³-hybridized carbons (Fsp3) is 0.333. The van der Waals surface area contributed by atoms with Gasteiger partial charge in [0, 0.05) is 9.75 Å². The summed E-state index contributed by atoms with van der Waals surface area (Å²) in [7, 11) is 0. The second-order valence-electron chi connectivity index (χ2n) is 4.47. The van der Waals surface area contributed by atoms with E-state index in [2.05, 4.69) is 19.1 Å². The second-order valence-corrected chi connectivity index (χ2v) is 6.14. The average molecular weight is 295 g/mol. The van der Waals surface area contributed by atoms with Crippen LogP contribution < -0.4 is 9.47 Å². The highest BCUT2D eigenvalue weighted by atomic mass is 35.5. The van der Waals surface area contributed by atoms with E-state index in [-0.39, 0.29) is 11.5 Å². The predicted octanol–water partition coefficient (Wildman–Crippen LogP) is 4.43. The van der Waals surface area contributed by atoms with E-state index in [1.165, 1.54) is 4.88 Å². The zero-order valence-electron chi connectivity index (χ0n) is 10.6. The van der Waals surface area contributed by atoms with Gasteiger partial charge in [-0.05, 0) is 30.7 Å². The first-order valence-corrected chi connectivity index (χ1v) is 7.64. The zero-order chi connectivity index (χ0) is 13.2. The van der Waals surface area contributed by atoms with E-state index < -0.39 is 0 Å². The van der Waals surface area contributed by atoms with E-state index in [0.29, 0.717) is 6.61 Å². The maximum Gasteiger partial charge on any atom is 0.161 e. The number of fused-ring (bicyclic) bond motifs is 1. The summed E-state index contributed by atoms with van der Waals surface area (Å²) in [4.78, 5) is 2.49. The number of aryl methyl sites for hydroxylation is 1. The Bertz CT molecular complexity index is 567. The number of rotatable bonds is 3. The number of hydrogen-bond acceptors (Lipinski definition) is 3. The van der Waals surface area contributed by atoms with Crippen molar-refractivity contribution < 1.29 is 9.47 Å². The fourth-order valence-electron chi connectivity index (χ4n) is 2.10. The summed E-state index contributed by atoms with van der Waals surface area (Å²) in [6.45, 7) is 2.64. The quantitative estimate of drug-likeness (QED) is 0.780. The molecule has 100 valence electrons. The molecule has 2 heterocycles. The monoisotopic (exact) mass is 294 g/mol. The molecule has 2 nitrogen and oxygen atoms in total. The van der Waals surface area contributed by atoms with Crippen LogP contribution >= 0.6 is 22.9 Å². The van der Waals surface area contributed by atoms with E-state index in [1.807, 2.05) is 24.3 Å². The van der Waals surface area contributed by atoms with Gasteiger partial charge in [-0.15, -0.1) is 22.9 Å². The van der Waals surface area contributed by atoms with Gasteiger partial charge in [-0.3, -0.25) is 0 Å². The summed E-state index contributed by atoms with van der Waals surface area (Å²) in [6, 6.07) is 11.9. The highest BCUT2D eigenvalue weighted by Gasteiger charge is 2.29. The molecule has 0 saturated carbocycles. The van der Waals surface area contributed by atoms with Gasteiger partial charge in [-0.2, -0.15) is 0 Å². The van der Waals surface area contributed by atoms with Gasteiger partial charge in [-0.25, -0.2) is 0 Å². The molecule has 2 unspecified atom stereocenters.